The van der Waals surface area contributed by atoms with Crippen LogP contribution in [-0.2, 0) is 14.3 Å². The maximum atomic E-state index is 14.3. The number of aryl methyl sites for hydroxylation is 1. The fraction of sp³-hybridized carbons (Fsp3) is 0.261. The van der Waals surface area contributed by atoms with Crippen LogP contribution >= 0.6 is 11.6 Å². The van der Waals surface area contributed by atoms with Crippen LogP contribution in [0.4, 0.5) is 15.8 Å². The molecule has 2 aromatic carbocycles. The molecule has 0 radical (unpaired) electrons. The number of nitrogens with one attached hydrogen (secondary N) is 1. The maximum absolute atomic E-state index is 14.3. The summed E-state index contributed by atoms with van der Waals surface area (Å²) in [5, 5.41) is 6.50. The summed E-state index contributed by atoms with van der Waals surface area (Å²) in [5.41, 5.74) is 1.34. The van der Waals surface area contributed by atoms with Crippen molar-refractivity contribution in [1.29, 1.82) is 0 Å². The molecule has 1 aromatic heterocycles. The highest BCUT2D eigenvalue weighted by Gasteiger charge is 2.27. The number of hydrogen-bond acceptors (Lipinski definition) is 7. The van der Waals surface area contributed by atoms with Crippen LogP contribution in [0.3, 0.4) is 0 Å². The number of anilines is 2. The number of aromatic nitrogens is 1. The van der Waals surface area contributed by atoms with E-state index in [1.54, 1.807) is 12.1 Å². The van der Waals surface area contributed by atoms with Gasteiger partial charge in [-0.1, -0.05) is 22.8 Å². The molecule has 2 heterocycles. The van der Waals surface area contributed by atoms with Gasteiger partial charge in [0, 0.05) is 24.5 Å². The van der Waals surface area contributed by atoms with E-state index in [2.05, 4.69) is 15.4 Å². The highest BCUT2D eigenvalue weighted by Crippen LogP contribution is 2.33. The third-order valence-corrected chi connectivity index (χ3v) is 5.44. The summed E-state index contributed by atoms with van der Waals surface area (Å²) < 4.78 is 29.8. The van der Waals surface area contributed by atoms with Crippen LogP contribution in [0.25, 0.3) is 11.3 Å². The highest BCUT2D eigenvalue weighted by molar-refractivity contribution is 6.33. The Kier molecular flexibility index (Phi) is 6.90. The molecule has 10 heteroatoms. The molecule has 8 nitrogen and oxygen atoms in total. The van der Waals surface area contributed by atoms with Crippen molar-refractivity contribution in [2.45, 2.75) is 6.92 Å². The minimum Gasteiger partial charge on any atom is -0.452 e. The molecule has 1 aliphatic heterocycles. The Hall–Kier alpha value is -3.43. The first-order valence-corrected chi connectivity index (χ1v) is 10.6. The van der Waals surface area contributed by atoms with Crippen LogP contribution in [0.1, 0.15) is 16.1 Å². The number of benzene rings is 2. The molecule has 0 saturated carbocycles. The second-order valence-electron chi connectivity index (χ2n) is 7.33. The fourth-order valence-corrected chi connectivity index (χ4v) is 3.74. The number of hydrogen-bond donors (Lipinski definition) is 1. The molecule has 172 valence electrons. The molecule has 3 aromatic rings. The number of esters is 1. The van der Waals surface area contributed by atoms with Gasteiger partial charge in [-0.2, -0.15) is 0 Å². The van der Waals surface area contributed by atoms with Gasteiger partial charge in [-0.25, -0.2) is 9.18 Å². The monoisotopic (exact) mass is 473 g/mol. The van der Waals surface area contributed by atoms with Crippen LogP contribution in [0, 0.1) is 12.7 Å². The Labute approximate surface area is 194 Å². The number of carbonyl (C=O) groups is 2. The van der Waals surface area contributed by atoms with Crippen LogP contribution in [0.2, 0.25) is 5.02 Å². The topological polar surface area (TPSA) is 93.9 Å². The van der Waals surface area contributed by atoms with Crippen LogP contribution in [0.5, 0.6) is 0 Å². The number of morpholine rings is 1. The Morgan fingerprint density at radius 3 is 2.61 bits per heavy atom. The van der Waals surface area contributed by atoms with E-state index in [0.29, 0.717) is 18.9 Å². The molecule has 0 aliphatic carbocycles. The summed E-state index contributed by atoms with van der Waals surface area (Å²) in [6, 6.07) is 11.4. The van der Waals surface area contributed by atoms with Gasteiger partial charge in [0.1, 0.15) is 22.8 Å². The smallest absolute Gasteiger partial charge is 0.344 e. The SMILES string of the molecule is Cc1onc(-c2c(F)cccc2Cl)c1C(=O)OCC(=O)Nc1ccc(N2CCOCC2)cc1. The van der Waals surface area contributed by atoms with E-state index in [4.69, 9.17) is 25.6 Å². The number of ether oxygens (including phenoxy) is 2. The molecule has 1 amide bonds. The minimum absolute atomic E-state index is 0.0654. The van der Waals surface area contributed by atoms with Crippen molar-refractivity contribution in [3.05, 3.63) is 64.6 Å². The van der Waals surface area contributed by atoms with Gasteiger partial charge in [0.15, 0.2) is 6.61 Å². The molecule has 33 heavy (non-hydrogen) atoms. The molecule has 1 aliphatic rings. The summed E-state index contributed by atoms with van der Waals surface area (Å²) in [5.74, 6) is -1.94. The van der Waals surface area contributed by atoms with E-state index in [9.17, 15) is 14.0 Å². The molecule has 4 rings (SSSR count). The molecule has 0 bridgehead atoms. The minimum atomic E-state index is -0.874. The summed E-state index contributed by atoms with van der Waals surface area (Å²) in [6.07, 6.45) is 0. The largest absolute Gasteiger partial charge is 0.452 e. The van der Waals surface area contributed by atoms with Crippen molar-refractivity contribution in [3.63, 3.8) is 0 Å². The molecular formula is C23H21ClFN3O5. The van der Waals surface area contributed by atoms with Crippen LogP contribution in [0.15, 0.2) is 47.0 Å². The third-order valence-electron chi connectivity index (χ3n) is 5.13. The van der Waals surface area contributed by atoms with Gasteiger partial charge in [0.25, 0.3) is 5.91 Å². The molecule has 0 unspecified atom stereocenters. The van der Waals surface area contributed by atoms with Crippen molar-refractivity contribution < 1.29 is 28.0 Å². The number of halogens is 2. The van der Waals surface area contributed by atoms with Gasteiger partial charge in [-0.05, 0) is 43.3 Å². The average Bonchev–Trinajstić information content (AvgIpc) is 3.19. The Morgan fingerprint density at radius 1 is 1.18 bits per heavy atom. The quantitative estimate of drug-likeness (QED) is 0.539. The van der Waals surface area contributed by atoms with Crippen LogP contribution < -0.4 is 10.2 Å². The standard InChI is InChI=1S/C23H21ClFN3O5/c1-14-20(22(27-33-14)21-17(24)3-2-4-18(21)25)23(30)32-13-19(29)26-15-5-7-16(8-6-15)28-9-11-31-12-10-28/h2-8H,9-13H2,1H3,(H,26,29). The Balaban J connectivity index is 1.38. The van der Waals surface area contributed by atoms with Crippen molar-refractivity contribution in [2.24, 2.45) is 0 Å². The molecule has 0 atom stereocenters. The van der Waals surface area contributed by atoms with E-state index in [-0.39, 0.29) is 27.6 Å². The first kappa shape index (κ1) is 22.8. The highest BCUT2D eigenvalue weighted by atomic mass is 35.5. The van der Waals surface area contributed by atoms with Gasteiger partial charge in [0.05, 0.1) is 23.8 Å². The predicted octanol–water partition coefficient (Wildman–Crippen LogP) is 4.07. The van der Waals surface area contributed by atoms with E-state index in [0.717, 1.165) is 18.8 Å². The van der Waals surface area contributed by atoms with Gasteiger partial charge in [-0.3, -0.25) is 4.79 Å². The first-order valence-electron chi connectivity index (χ1n) is 10.2. The summed E-state index contributed by atoms with van der Waals surface area (Å²) in [4.78, 5) is 27.1. The first-order chi connectivity index (χ1) is 15.9. The van der Waals surface area contributed by atoms with E-state index < -0.39 is 24.3 Å². The number of rotatable bonds is 6. The summed E-state index contributed by atoms with van der Waals surface area (Å²) in [6.45, 7) is 3.92. The zero-order valence-electron chi connectivity index (χ0n) is 17.8. The van der Waals surface area contributed by atoms with E-state index in [1.165, 1.54) is 25.1 Å². The predicted molar refractivity (Wildman–Crippen MR) is 120 cm³/mol. The third kappa shape index (κ3) is 5.15. The van der Waals surface area contributed by atoms with Gasteiger partial charge < -0.3 is 24.2 Å². The lowest BCUT2D eigenvalue weighted by atomic mass is 10.1. The zero-order valence-corrected chi connectivity index (χ0v) is 18.5. The van der Waals surface area contributed by atoms with Crippen LogP contribution in [-0.4, -0.2) is 49.9 Å². The maximum Gasteiger partial charge on any atom is 0.344 e. The lowest BCUT2D eigenvalue weighted by Gasteiger charge is -2.28. The normalized spacial score (nSPS) is 13.6. The van der Waals surface area contributed by atoms with Gasteiger partial charge in [-0.15, -0.1) is 0 Å². The lowest BCUT2D eigenvalue weighted by Crippen LogP contribution is -2.36. The van der Waals surface area contributed by atoms with E-state index >= 15 is 0 Å². The Bertz CT molecular complexity index is 1140. The number of carbonyl (C=O) groups excluding carboxylic acids is 2. The molecule has 0 spiro atoms. The number of amides is 1. The average molecular weight is 474 g/mol. The second kappa shape index (κ2) is 10.0. The number of nitrogens with zero attached hydrogens (tertiary/aromatic N) is 2. The summed E-state index contributed by atoms with van der Waals surface area (Å²) >= 11 is 6.08. The second-order valence-corrected chi connectivity index (χ2v) is 7.74. The Morgan fingerprint density at radius 2 is 1.91 bits per heavy atom. The zero-order chi connectivity index (χ0) is 23.4. The molecule has 1 saturated heterocycles. The van der Waals surface area contributed by atoms with Crippen molar-refractivity contribution >= 4 is 34.9 Å². The fourth-order valence-electron chi connectivity index (χ4n) is 3.48. The summed E-state index contributed by atoms with van der Waals surface area (Å²) in [7, 11) is 0. The molecule has 1 N–H and O–H groups in total. The van der Waals surface area contributed by atoms with Crippen molar-refractivity contribution in [3.8, 4) is 11.3 Å². The van der Waals surface area contributed by atoms with Gasteiger partial charge >= 0.3 is 5.97 Å². The van der Waals surface area contributed by atoms with Crippen molar-refractivity contribution in [2.75, 3.05) is 43.1 Å². The lowest BCUT2D eigenvalue weighted by molar-refractivity contribution is -0.119. The van der Waals surface area contributed by atoms with Crippen molar-refractivity contribution in [1.82, 2.24) is 5.16 Å². The molecular weight excluding hydrogens is 453 g/mol. The molecule has 1 fully saturated rings. The van der Waals surface area contributed by atoms with E-state index in [1.807, 2.05) is 12.1 Å². The van der Waals surface area contributed by atoms with Gasteiger partial charge in [0.2, 0.25) is 0 Å².